The van der Waals surface area contributed by atoms with Crippen LogP contribution in [0.2, 0.25) is 0 Å². The molecule has 0 bridgehead atoms. The summed E-state index contributed by atoms with van der Waals surface area (Å²) < 4.78 is 4.94. The van der Waals surface area contributed by atoms with Crippen LogP contribution in [0, 0.1) is 0 Å². The standard InChI is InChI=1S/C18H19N3O4/c19-16(22)12-2-1-3-13(10-12)17(23)20-15-4-7-21(8-5-15)18(24)14-6-9-25-11-14/h1-3,6,9-11,15H,4-5,7-8H2,(H2,19,22)(H,20,23). The monoisotopic (exact) mass is 341 g/mol. The van der Waals surface area contributed by atoms with Crippen LogP contribution in [0.25, 0.3) is 0 Å². The van der Waals surface area contributed by atoms with Crippen LogP contribution >= 0.6 is 0 Å². The molecule has 7 nitrogen and oxygen atoms in total. The number of rotatable bonds is 4. The van der Waals surface area contributed by atoms with Crippen LogP contribution in [0.1, 0.15) is 43.9 Å². The molecule has 0 radical (unpaired) electrons. The number of benzene rings is 1. The number of carbonyl (C=O) groups is 3. The Kier molecular flexibility index (Phi) is 4.83. The second-order valence-electron chi connectivity index (χ2n) is 6.00. The number of hydrogen-bond donors (Lipinski definition) is 2. The van der Waals surface area contributed by atoms with Crippen molar-refractivity contribution < 1.29 is 18.8 Å². The highest BCUT2D eigenvalue weighted by Gasteiger charge is 2.25. The fraction of sp³-hybridized carbons (Fsp3) is 0.278. The molecule has 0 spiro atoms. The van der Waals surface area contributed by atoms with E-state index in [-0.39, 0.29) is 17.9 Å². The third-order valence-electron chi connectivity index (χ3n) is 4.29. The van der Waals surface area contributed by atoms with E-state index in [1.165, 1.54) is 18.6 Å². The van der Waals surface area contributed by atoms with Crippen molar-refractivity contribution in [1.82, 2.24) is 10.2 Å². The van der Waals surface area contributed by atoms with Gasteiger partial charge in [-0.05, 0) is 37.1 Å². The number of hydrogen-bond acceptors (Lipinski definition) is 4. The molecular formula is C18H19N3O4. The normalized spacial score (nSPS) is 15.0. The minimum absolute atomic E-state index is 0.0156. The third kappa shape index (κ3) is 3.88. The summed E-state index contributed by atoms with van der Waals surface area (Å²) >= 11 is 0. The zero-order chi connectivity index (χ0) is 17.8. The molecule has 0 atom stereocenters. The van der Waals surface area contributed by atoms with Crippen molar-refractivity contribution in [3.63, 3.8) is 0 Å². The lowest BCUT2D eigenvalue weighted by molar-refractivity contribution is 0.0697. The molecular weight excluding hydrogens is 322 g/mol. The quantitative estimate of drug-likeness (QED) is 0.877. The first kappa shape index (κ1) is 16.8. The molecule has 1 aromatic carbocycles. The Morgan fingerprint density at radius 2 is 1.80 bits per heavy atom. The average molecular weight is 341 g/mol. The summed E-state index contributed by atoms with van der Waals surface area (Å²) in [7, 11) is 0. The lowest BCUT2D eigenvalue weighted by Crippen LogP contribution is -2.46. The van der Waals surface area contributed by atoms with Gasteiger partial charge >= 0.3 is 0 Å². The summed E-state index contributed by atoms with van der Waals surface area (Å²) in [6.07, 6.45) is 4.25. The molecule has 3 N–H and O–H groups in total. The number of carbonyl (C=O) groups excluding carboxylic acids is 3. The van der Waals surface area contributed by atoms with Gasteiger partial charge in [0.25, 0.3) is 11.8 Å². The largest absolute Gasteiger partial charge is 0.472 e. The van der Waals surface area contributed by atoms with Crippen molar-refractivity contribution in [1.29, 1.82) is 0 Å². The Labute approximate surface area is 144 Å². The third-order valence-corrected chi connectivity index (χ3v) is 4.29. The first-order valence-corrected chi connectivity index (χ1v) is 8.07. The van der Waals surface area contributed by atoms with Gasteiger partial charge in [-0.2, -0.15) is 0 Å². The first-order chi connectivity index (χ1) is 12.0. The van der Waals surface area contributed by atoms with Crippen LogP contribution in [-0.4, -0.2) is 41.8 Å². The van der Waals surface area contributed by atoms with E-state index in [0.29, 0.717) is 42.6 Å². The molecule has 25 heavy (non-hydrogen) atoms. The zero-order valence-corrected chi connectivity index (χ0v) is 13.6. The van der Waals surface area contributed by atoms with Crippen molar-refractivity contribution in [2.75, 3.05) is 13.1 Å². The molecule has 2 aromatic rings. The van der Waals surface area contributed by atoms with Crippen LogP contribution in [0.3, 0.4) is 0 Å². The average Bonchev–Trinajstić information content (AvgIpc) is 3.16. The summed E-state index contributed by atoms with van der Waals surface area (Å²) in [6.45, 7) is 1.13. The Bertz CT molecular complexity index is 777. The number of nitrogens with one attached hydrogen (secondary N) is 1. The van der Waals surface area contributed by atoms with Crippen LogP contribution in [0.4, 0.5) is 0 Å². The van der Waals surface area contributed by atoms with Gasteiger partial charge in [-0.1, -0.05) is 6.07 Å². The van der Waals surface area contributed by atoms with Crippen molar-refractivity contribution in [2.24, 2.45) is 5.73 Å². The topological polar surface area (TPSA) is 106 Å². The molecule has 1 aliphatic rings. The second-order valence-corrected chi connectivity index (χ2v) is 6.00. The summed E-state index contributed by atoms with van der Waals surface area (Å²) in [5, 5.41) is 2.95. The van der Waals surface area contributed by atoms with Gasteiger partial charge in [0.1, 0.15) is 6.26 Å². The minimum atomic E-state index is -0.569. The number of likely N-dealkylation sites (tertiary alicyclic amines) is 1. The number of primary amides is 1. The van der Waals surface area contributed by atoms with Crippen molar-refractivity contribution in [3.8, 4) is 0 Å². The maximum Gasteiger partial charge on any atom is 0.257 e. The van der Waals surface area contributed by atoms with E-state index >= 15 is 0 Å². The van der Waals surface area contributed by atoms with Gasteiger partial charge in [-0.25, -0.2) is 0 Å². The van der Waals surface area contributed by atoms with E-state index in [9.17, 15) is 14.4 Å². The Morgan fingerprint density at radius 1 is 1.08 bits per heavy atom. The van der Waals surface area contributed by atoms with Gasteiger partial charge in [-0.3, -0.25) is 14.4 Å². The first-order valence-electron chi connectivity index (χ1n) is 8.07. The molecule has 3 rings (SSSR count). The van der Waals surface area contributed by atoms with Crippen molar-refractivity contribution >= 4 is 17.7 Å². The molecule has 0 aliphatic carbocycles. The summed E-state index contributed by atoms with van der Waals surface area (Å²) in [4.78, 5) is 37.5. The number of nitrogens with zero attached hydrogens (tertiary/aromatic N) is 1. The molecule has 0 saturated carbocycles. The van der Waals surface area contributed by atoms with Gasteiger partial charge in [0.2, 0.25) is 5.91 Å². The van der Waals surface area contributed by atoms with Crippen LogP contribution in [0.5, 0.6) is 0 Å². The van der Waals surface area contributed by atoms with E-state index < -0.39 is 5.91 Å². The highest BCUT2D eigenvalue weighted by Crippen LogP contribution is 2.15. The predicted octanol–water partition coefficient (Wildman–Crippen LogP) is 1.41. The molecule has 7 heteroatoms. The Morgan fingerprint density at radius 3 is 2.44 bits per heavy atom. The lowest BCUT2D eigenvalue weighted by Gasteiger charge is -2.32. The smallest absolute Gasteiger partial charge is 0.257 e. The second kappa shape index (κ2) is 7.21. The Balaban J connectivity index is 1.55. The number of nitrogens with two attached hydrogens (primary N) is 1. The molecule has 2 heterocycles. The van der Waals surface area contributed by atoms with Gasteiger partial charge in [0.05, 0.1) is 11.8 Å². The van der Waals surface area contributed by atoms with E-state index in [1.54, 1.807) is 29.2 Å². The maximum absolute atomic E-state index is 12.3. The summed E-state index contributed by atoms with van der Waals surface area (Å²) in [6, 6.07) is 7.94. The minimum Gasteiger partial charge on any atom is -0.472 e. The molecule has 1 fully saturated rings. The van der Waals surface area contributed by atoms with Gasteiger partial charge in [-0.15, -0.1) is 0 Å². The Hall–Kier alpha value is -3.09. The number of amides is 3. The zero-order valence-electron chi connectivity index (χ0n) is 13.6. The molecule has 0 unspecified atom stereocenters. The lowest BCUT2D eigenvalue weighted by atomic mass is 10.0. The predicted molar refractivity (Wildman–Crippen MR) is 90.1 cm³/mol. The van der Waals surface area contributed by atoms with Gasteiger partial charge < -0.3 is 20.4 Å². The van der Waals surface area contributed by atoms with Crippen LogP contribution in [0.15, 0.2) is 47.3 Å². The number of furan rings is 1. The molecule has 130 valence electrons. The highest BCUT2D eigenvalue weighted by atomic mass is 16.3. The van der Waals surface area contributed by atoms with Crippen LogP contribution in [-0.2, 0) is 0 Å². The van der Waals surface area contributed by atoms with Gasteiger partial charge in [0, 0.05) is 30.3 Å². The summed E-state index contributed by atoms with van der Waals surface area (Å²) in [5.74, 6) is -0.879. The van der Waals surface area contributed by atoms with E-state index in [1.807, 2.05) is 0 Å². The van der Waals surface area contributed by atoms with E-state index in [2.05, 4.69) is 5.32 Å². The van der Waals surface area contributed by atoms with E-state index in [0.717, 1.165) is 0 Å². The molecule has 3 amide bonds. The van der Waals surface area contributed by atoms with E-state index in [4.69, 9.17) is 10.2 Å². The maximum atomic E-state index is 12.3. The SMILES string of the molecule is NC(=O)c1cccc(C(=O)NC2CCN(C(=O)c3ccoc3)CC2)c1. The molecule has 1 aliphatic heterocycles. The fourth-order valence-electron chi connectivity index (χ4n) is 2.88. The van der Waals surface area contributed by atoms with Gasteiger partial charge in [0.15, 0.2) is 0 Å². The molecule has 1 saturated heterocycles. The van der Waals surface area contributed by atoms with Crippen molar-refractivity contribution in [3.05, 3.63) is 59.5 Å². The molecule has 1 aromatic heterocycles. The highest BCUT2D eigenvalue weighted by molar-refractivity contribution is 5.99. The summed E-state index contributed by atoms with van der Waals surface area (Å²) in [5.41, 5.74) is 6.46. The fourth-order valence-corrected chi connectivity index (χ4v) is 2.88. The number of piperidine rings is 1. The van der Waals surface area contributed by atoms with Crippen molar-refractivity contribution in [2.45, 2.75) is 18.9 Å². The van der Waals surface area contributed by atoms with Crippen LogP contribution < -0.4 is 11.1 Å².